The number of carbonyl (C=O) groups is 3. The third-order valence-electron chi connectivity index (χ3n) is 2.31. The van der Waals surface area contributed by atoms with Crippen molar-refractivity contribution in [3.8, 4) is 0 Å². The number of amides is 2. The van der Waals surface area contributed by atoms with Gasteiger partial charge >= 0.3 is 5.97 Å². The topological polar surface area (TPSA) is 84.5 Å². The maximum absolute atomic E-state index is 11.4. The number of esters is 1. The number of ether oxygens (including phenoxy) is 1. The summed E-state index contributed by atoms with van der Waals surface area (Å²) in [7, 11) is 1.22. The van der Waals surface area contributed by atoms with Crippen molar-refractivity contribution in [2.24, 2.45) is 0 Å². The van der Waals surface area contributed by atoms with Gasteiger partial charge in [-0.3, -0.25) is 14.4 Å². The van der Waals surface area contributed by atoms with E-state index in [-0.39, 0.29) is 12.3 Å². The van der Waals surface area contributed by atoms with Crippen LogP contribution in [0.15, 0.2) is 24.3 Å². The van der Waals surface area contributed by atoms with Gasteiger partial charge in [-0.05, 0) is 24.3 Å². The molecule has 0 aromatic heterocycles. The quantitative estimate of drug-likeness (QED) is 0.624. The van der Waals surface area contributed by atoms with Crippen molar-refractivity contribution < 1.29 is 19.1 Å². The molecule has 19 heavy (non-hydrogen) atoms. The maximum Gasteiger partial charge on any atom is 0.315 e. The highest BCUT2D eigenvalue weighted by molar-refractivity contribution is 6.02. The van der Waals surface area contributed by atoms with Crippen LogP contribution in [0.3, 0.4) is 0 Å². The smallest absolute Gasteiger partial charge is 0.315 e. The summed E-state index contributed by atoms with van der Waals surface area (Å²) >= 11 is 0. The summed E-state index contributed by atoms with van der Waals surface area (Å²) in [5.74, 6) is -1.12. The SMILES string of the molecule is CCC(=O)Nc1ccc(NC(=O)CC(=O)OC)cc1. The fourth-order valence-corrected chi connectivity index (χ4v) is 1.29. The Balaban J connectivity index is 2.54. The van der Waals surface area contributed by atoms with Crippen molar-refractivity contribution in [2.75, 3.05) is 17.7 Å². The summed E-state index contributed by atoms with van der Waals surface area (Å²) in [5.41, 5.74) is 1.20. The zero-order valence-corrected chi connectivity index (χ0v) is 10.9. The number of rotatable bonds is 5. The molecule has 0 radical (unpaired) electrons. The summed E-state index contributed by atoms with van der Waals surface area (Å²) in [6, 6.07) is 6.61. The van der Waals surface area contributed by atoms with Crippen LogP contribution in [-0.4, -0.2) is 24.9 Å². The summed E-state index contributed by atoms with van der Waals surface area (Å²) in [5, 5.41) is 5.24. The Morgan fingerprint density at radius 2 is 1.47 bits per heavy atom. The van der Waals surface area contributed by atoms with Gasteiger partial charge in [0.25, 0.3) is 0 Å². The van der Waals surface area contributed by atoms with Crippen LogP contribution in [0.4, 0.5) is 11.4 Å². The first-order chi connectivity index (χ1) is 9.05. The van der Waals surface area contributed by atoms with E-state index in [9.17, 15) is 14.4 Å². The molecule has 1 rings (SSSR count). The van der Waals surface area contributed by atoms with E-state index >= 15 is 0 Å². The summed E-state index contributed by atoms with van der Waals surface area (Å²) in [6.45, 7) is 1.76. The number of benzene rings is 1. The van der Waals surface area contributed by atoms with E-state index in [1.54, 1.807) is 31.2 Å². The van der Waals surface area contributed by atoms with Crippen LogP contribution in [0.25, 0.3) is 0 Å². The predicted molar refractivity (Wildman–Crippen MR) is 70.6 cm³/mol. The monoisotopic (exact) mass is 264 g/mol. The number of hydrogen-bond acceptors (Lipinski definition) is 4. The molecule has 1 aromatic rings. The van der Waals surface area contributed by atoms with E-state index in [4.69, 9.17) is 0 Å². The molecule has 0 heterocycles. The molecule has 0 spiro atoms. The van der Waals surface area contributed by atoms with Gasteiger partial charge in [-0.1, -0.05) is 6.92 Å². The molecular weight excluding hydrogens is 248 g/mol. The van der Waals surface area contributed by atoms with Crippen molar-refractivity contribution in [1.82, 2.24) is 0 Å². The molecule has 6 heteroatoms. The Morgan fingerprint density at radius 1 is 1.00 bits per heavy atom. The van der Waals surface area contributed by atoms with Crippen molar-refractivity contribution in [1.29, 1.82) is 0 Å². The van der Waals surface area contributed by atoms with Gasteiger partial charge in [-0.25, -0.2) is 0 Å². The molecule has 0 unspecified atom stereocenters. The van der Waals surface area contributed by atoms with E-state index in [1.807, 2.05) is 0 Å². The van der Waals surface area contributed by atoms with Gasteiger partial charge in [0.05, 0.1) is 7.11 Å². The van der Waals surface area contributed by atoms with Gasteiger partial charge in [0, 0.05) is 17.8 Å². The van der Waals surface area contributed by atoms with Crippen LogP contribution in [0.2, 0.25) is 0 Å². The molecule has 0 aliphatic carbocycles. The van der Waals surface area contributed by atoms with Crippen LogP contribution >= 0.6 is 0 Å². The molecule has 0 atom stereocenters. The van der Waals surface area contributed by atoms with Gasteiger partial charge in [-0.2, -0.15) is 0 Å². The fourth-order valence-electron chi connectivity index (χ4n) is 1.29. The van der Waals surface area contributed by atoms with Crippen molar-refractivity contribution in [3.05, 3.63) is 24.3 Å². The van der Waals surface area contributed by atoms with Crippen molar-refractivity contribution in [3.63, 3.8) is 0 Å². The number of hydrogen-bond donors (Lipinski definition) is 2. The van der Waals surface area contributed by atoms with E-state index in [2.05, 4.69) is 15.4 Å². The number of anilines is 2. The first-order valence-electron chi connectivity index (χ1n) is 5.81. The van der Waals surface area contributed by atoms with Crippen molar-refractivity contribution >= 4 is 29.2 Å². The molecule has 0 fully saturated rings. The van der Waals surface area contributed by atoms with Gasteiger partial charge in [-0.15, -0.1) is 0 Å². The van der Waals surface area contributed by atoms with Gasteiger partial charge in [0.1, 0.15) is 6.42 Å². The lowest BCUT2D eigenvalue weighted by molar-refractivity contribution is -0.142. The number of methoxy groups -OCH3 is 1. The second-order valence-corrected chi connectivity index (χ2v) is 3.78. The minimum atomic E-state index is -0.593. The molecule has 0 saturated carbocycles. The molecule has 6 nitrogen and oxygen atoms in total. The second kappa shape index (κ2) is 7.15. The van der Waals surface area contributed by atoms with E-state index in [0.717, 1.165) is 0 Å². The first kappa shape index (κ1) is 14.7. The van der Waals surface area contributed by atoms with Gasteiger partial charge in [0.2, 0.25) is 11.8 Å². The molecule has 1 aromatic carbocycles. The molecule has 2 amide bonds. The van der Waals surface area contributed by atoms with E-state index < -0.39 is 11.9 Å². The lowest BCUT2D eigenvalue weighted by atomic mass is 10.2. The average molecular weight is 264 g/mol. The third kappa shape index (κ3) is 5.20. The molecule has 2 N–H and O–H groups in total. The predicted octanol–water partition coefficient (Wildman–Crippen LogP) is 1.54. The second-order valence-electron chi connectivity index (χ2n) is 3.78. The largest absolute Gasteiger partial charge is 0.469 e. The average Bonchev–Trinajstić information content (AvgIpc) is 2.40. The maximum atomic E-state index is 11.4. The van der Waals surface area contributed by atoms with Crippen LogP contribution in [0.5, 0.6) is 0 Å². The standard InChI is InChI=1S/C13H16N2O4/c1-3-11(16)14-9-4-6-10(7-5-9)15-12(17)8-13(18)19-2/h4-7H,3,8H2,1-2H3,(H,14,16)(H,15,17). The van der Waals surface area contributed by atoms with E-state index in [0.29, 0.717) is 17.8 Å². The minimum absolute atomic E-state index is 0.0810. The van der Waals surface area contributed by atoms with Gasteiger partial charge in [0.15, 0.2) is 0 Å². The van der Waals surface area contributed by atoms with Crippen LogP contribution < -0.4 is 10.6 Å². The van der Waals surface area contributed by atoms with Crippen LogP contribution in [0, 0.1) is 0 Å². The van der Waals surface area contributed by atoms with Crippen molar-refractivity contribution in [2.45, 2.75) is 19.8 Å². The molecule has 0 saturated heterocycles. The zero-order valence-electron chi connectivity index (χ0n) is 10.9. The lowest BCUT2D eigenvalue weighted by Gasteiger charge is -2.07. The highest BCUT2D eigenvalue weighted by Gasteiger charge is 2.09. The molecule has 0 aliphatic heterocycles. The Morgan fingerprint density at radius 3 is 1.89 bits per heavy atom. The highest BCUT2D eigenvalue weighted by atomic mass is 16.5. The first-order valence-corrected chi connectivity index (χ1v) is 5.81. The Kier molecular flexibility index (Phi) is 5.53. The van der Waals surface area contributed by atoms with Crippen LogP contribution in [0.1, 0.15) is 19.8 Å². The number of carbonyl (C=O) groups excluding carboxylic acids is 3. The lowest BCUT2D eigenvalue weighted by Crippen LogP contribution is -2.17. The highest BCUT2D eigenvalue weighted by Crippen LogP contribution is 2.14. The van der Waals surface area contributed by atoms with E-state index in [1.165, 1.54) is 7.11 Å². The summed E-state index contributed by atoms with van der Waals surface area (Å²) in [4.78, 5) is 33.5. The normalized spacial score (nSPS) is 9.58. The van der Waals surface area contributed by atoms with Gasteiger partial charge < -0.3 is 15.4 Å². The Hall–Kier alpha value is -2.37. The molecule has 102 valence electrons. The minimum Gasteiger partial charge on any atom is -0.469 e. The van der Waals surface area contributed by atoms with Crippen LogP contribution in [-0.2, 0) is 19.1 Å². The third-order valence-corrected chi connectivity index (χ3v) is 2.31. The molecule has 0 aliphatic rings. The summed E-state index contributed by atoms with van der Waals surface area (Å²) < 4.78 is 4.39. The summed E-state index contributed by atoms with van der Waals surface area (Å²) in [6.07, 6.45) is 0.0719. The number of nitrogens with one attached hydrogen (secondary N) is 2. The Bertz CT molecular complexity index is 468. The Labute approximate surface area is 111 Å². The molecular formula is C13H16N2O4. The fraction of sp³-hybridized carbons (Fsp3) is 0.308. The molecule has 0 bridgehead atoms. The zero-order chi connectivity index (χ0) is 14.3.